The van der Waals surface area contributed by atoms with E-state index in [1.54, 1.807) is 13.0 Å². The van der Waals surface area contributed by atoms with E-state index in [1.807, 2.05) is 0 Å². The molecule has 0 amide bonds. The van der Waals surface area contributed by atoms with Crippen molar-refractivity contribution in [3.8, 4) is 0 Å². The van der Waals surface area contributed by atoms with E-state index in [9.17, 15) is 17.7 Å². The van der Waals surface area contributed by atoms with Crippen LogP contribution in [-0.2, 0) is 10.7 Å². The molecule has 0 spiro atoms. The van der Waals surface area contributed by atoms with Crippen LogP contribution in [0.3, 0.4) is 0 Å². The first-order chi connectivity index (χ1) is 10.5. The summed E-state index contributed by atoms with van der Waals surface area (Å²) in [7, 11) is -2.74. The average molecular weight is 366 g/mol. The predicted octanol–water partition coefficient (Wildman–Crippen LogP) is 5.16. The summed E-state index contributed by atoms with van der Waals surface area (Å²) in [5, 5.41) is 2.59. The molecule has 0 aliphatic rings. The van der Waals surface area contributed by atoms with E-state index in [-0.39, 0.29) is 11.0 Å². The molecule has 9 heteroatoms. The van der Waals surface area contributed by atoms with Crippen LogP contribution in [0.4, 0.5) is 19.0 Å². The van der Waals surface area contributed by atoms with Crippen LogP contribution in [0, 0.1) is 0 Å². The molecule has 0 aliphatic heterocycles. The first-order valence-electron chi connectivity index (χ1n) is 6.42. The van der Waals surface area contributed by atoms with Crippen molar-refractivity contribution < 1.29 is 17.7 Å². The lowest BCUT2D eigenvalue weighted by Crippen LogP contribution is -2.14. The minimum absolute atomic E-state index is 0.205. The number of alkyl halides is 3. The summed E-state index contributed by atoms with van der Waals surface area (Å²) >= 11 is 5.59. The molecular weight excluding hydrogens is 350 g/mol. The second-order valence-corrected chi connectivity index (χ2v) is 8.39. The number of rotatable bonds is 5. The number of nitrogens with one attached hydrogen (secondary N) is 1. The smallest absolute Gasteiger partial charge is 0.339 e. The summed E-state index contributed by atoms with van der Waals surface area (Å²) in [4.78, 5) is 6.95. The van der Waals surface area contributed by atoms with Crippen molar-refractivity contribution in [2.45, 2.75) is 13.1 Å². The highest BCUT2D eigenvalue weighted by Gasteiger charge is 2.35. The van der Waals surface area contributed by atoms with Gasteiger partial charge in [0.25, 0.3) is 0 Å². The molecule has 126 valence electrons. The molecule has 0 bridgehead atoms. The van der Waals surface area contributed by atoms with Crippen molar-refractivity contribution in [1.29, 1.82) is 0 Å². The van der Waals surface area contributed by atoms with Gasteiger partial charge in [0.2, 0.25) is 5.28 Å². The van der Waals surface area contributed by atoms with Gasteiger partial charge in [0.15, 0.2) is 0 Å². The fourth-order valence-corrected chi connectivity index (χ4v) is 3.32. The van der Waals surface area contributed by atoms with Crippen LogP contribution < -0.4 is 5.32 Å². The van der Waals surface area contributed by atoms with Crippen LogP contribution in [0.1, 0.15) is 12.5 Å². The second kappa shape index (κ2) is 7.32. The Hall–Kier alpha value is -1.59. The van der Waals surface area contributed by atoms with Crippen LogP contribution in [0.2, 0.25) is 5.28 Å². The molecule has 1 aromatic rings. The standard InChI is InChI=1S/C14H16ClF3N3OP/c1-5-7-10(11(6-2)23(3,4)22)20-12-9(14(16,17)18)8-19-13(15)21-12/h5-8H,1H2,2-4H3,(H,19,20,21)/b10-7+,11-6+. The minimum atomic E-state index is -4.66. The molecule has 0 saturated carbocycles. The molecule has 1 aromatic heterocycles. The zero-order chi connectivity index (χ0) is 17.8. The van der Waals surface area contributed by atoms with Gasteiger partial charge >= 0.3 is 6.18 Å². The maximum atomic E-state index is 13.1. The van der Waals surface area contributed by atoms with Crippen LogP contribution in [0.5, 0.6) is 0 Å². The van der Waals surface area contributed by atoms with Crippen LogP contribution in [0.15, 0.2) is 42.0 Å². The molecule has 0 atom stereocenters. The molecule has 0 radical (unpaired) electrons. The number of hydrogen-bond acceptors (Lipinski definition) is 4. The fourth-order valence-electron chi connectivity index (χ4n) is 1.86. The van der Waals surface area contributed by atoms with Crippen LogP contribution >= 0.6 is 18.7 Å². The van der Waals surface area contributed by atoms with Gasteiger partial charge < -0.3 is 9.88 Å². The number of halogens is 4. The van der Waals surface area contributed by atoms with Gasteiger partial charge in [0.1, 0.15) is 18.5 Å². The van der Waals surface area contributed by atoms with Gasteiger partial charge in [-0.3, -0.25) is 0 Å². The zero-order valence-electron chi connectivity index (χ0n) is 12.8. The first kappa shape index (κ1) is 19.5. The van der Waals surface area contributed by atoms with Gasteiger partial charge in [0, 0.05) is 11.5 Å². The molecule has 0 saturated heterocycles. The van der Waals surface area contributed by atoms with E-state index < -0.39 is 24.7 Å². The summed E-state index contributed by atoms with van der Waals surface area (Å²) in [5.74, 6) is -0.515. The largest absolute Gasteiger partial charge is 0.421 e. The highest BCUT2D eigenvalue weighted by molar-refractivity contribution is 7.67. The SMILES string of the molecule is C=C/C=C(Nc1nc(Cl)ncc1C(F)(F)F)\C(=C/C)P(C)(C)=O. The quantitative estimate of drug-likeness (QED) is 0.445. The van der Waals surface area contributed by atoms with E-state index in [2.05, 4.69) is 21.9 Å². The van der Waals surface area contributed by atoms with Crippen molar-refractivity contribution in [3.63, 3.8) is 0 Å². The lowest BCUT2D eigenvalue weighted by molar-refractivity contribution is -0.137. The van der Waals surface area contributed by atoms with Crippen molar-refractivity contribution in [2.75, 3.05) is 18.6 Å². The topological polar surface area (TPSA) is 54.9 Å². The lowest BCUT2D eigenvalue weighted by atomic mass is 10.2. The summed E-state index contributed by atoms with van der Waals surface area (Å²) in [6, 6.07) is 0. The molecule has 4 nitrogen and oxygen atoms in total. The van der Waals surface area contributed by atoms with E-state index in [1.165, 1.54) is 25.5 Å². The zero-order valence-corrected chi connectivity index (χ0v) is 14.4. The summed E-state index contributed by atoms with van der Waals surface area (Å²) in [6.45, 7) is 8.18. The van der Waals surface area contributed by atoms with Gasteiger partial charge in [-0.25, -0.2) is 4.98 Å². The molecule has 0 unspecified atom stereocenters. The Balaban J connectivity index is 3.43. The third kappa shape index (κ3) is 5.22. The number of hydrogen-bond donors (Lipinski definition) is 1. The second-order valence-electron chi connectivity index (χ2n) is 4.86. The molecule has 0 fully saturated rings. The third-order valence-electron chi connectivity index (χ3n) is 2.73. The Bertz CT molecular complexity index is 708. The van der Waals surface area contributed by atoms with Crippen LogP contribution in [0.25, 0.3) is 0 Å². The summed E-state index contributed by atoms with van der Waals surface area (Å²) in [5.41, 5.74) is -0.870. The van der Waals surface area contributed by atoms with Gasteiger partial charge in [0.05, 0.1) is 5.70 Å². The number of anilines is 1. The normalized spacial score (nSPS) is 13.9. The molecule has 1 heterocycles. The Morgan fingerprint density at radius 1 is 1.43 bits per heavy atom. The third-order valence-corrected chi connectivity index (χ3v) is 4.57. The first-order valence-corrected chi connectivity index (χ1v) is 9.40. The predicted molar refractivity (Wildman–Crippen MR) is 87.2 cm³/mol. The van der Waals surface area contributed by atoms with E-state index in [0.717, 1.165) is 0 Å². The minimum Gasteiger partial charge on any atom is -0.339 e. The van der Waals surface area contributed by atoms with Gasteiger partial charge in [-0.2, -0.15) is 18.2 Å². The molecule has 1 N–H and O–H groups in total. The molecular formula is C14H16ClF3N3OP. The summed E-state index contributed by atoms with van der Waals surface area (Å²) in [6.07, 6.45) is 0.294. The van der Waals surface area contributed by atoms with Crippen molar-refractivity contribution in [1.82, 2.24) is 9.97 Å². The van der Waals surface area contributed by atoms with E-state index >= 15 is 0 Å². The molecule has 1 rings (SSSR count). The molecule has 0 aliphatic carbocycles. The van der Waals surface area contributed by atoms with Crippen LogP contribution in [-0.4, -0.2) is 23.3 Å². The lowest BCUT2D eigenvalue weighted by Gasteiger charge is -2.19. The van der Waals surface area contributed by atoms with Crippen molar-refractivity contribution in [3.05, 3.63) is 52.9 Å². The monoisotopic (exact) mass is 365 g/mol. The van der Waals surface area contributed by atoms with E-state index in [0.29, 0.717) is 11.5 Å². The molecule has 23 heavy (non-hydrogen) atoms. The number of allylic oxidation sites excluding steroid dienone is 4. The number of aromatic nitrogens is 2. The van der Waals surface area contributed by atoms with Gasteiger partial charge in [-0.15, -0.1) is 0 Å². The highest BCUT2D eigenvalue weighted by Crippen LogP contribution is 2.50. The van der Waals surface area contributed by atoms with Crippen molar-refractivity contribution in [2.24, 2.45) is 0 Å². The number of nitrogens with zero attached hydrogens (tertiary/aromatic N) is 2. The Morgan fingerprint density at radius 3 is 2.48 bits per heavy atom. The average Bonchev–Trinajstić information content (AvgIpc) is 2.36. The fraction of sp³-hybridized carbons (Fsp3) is 0.286. The van der Waals surface area contributed by atoms with Crippen molar-refractivity contribution >= 4 is 24.6 Å². The Kier molecular flexibility index (Phi) is 6.19. The van der Waals surface area contributed by atoms with Gasteiger partial charge in [-0.1, -0.05) is 18.7 Å². The molecule has 0 aromatic carbocycles. The maximum Gasteiger partial charge on any atom is 0.421 e. The Morgan fingerprint density at radius 2 is 2.04 bits per heavy atom. The Labute approximate surface area is 137 Å². The summed E-state index contributed by atoms with van der Waals surface area (Å²) < 4.78 is 51.5. The highest BCUT2D eigenvalue weighted by atomic mass is 35.5. The van der Waals surface area contributed by atoms with Gasteiger partial charge in [-0.05, 0) is 37.9 Å². The van der Waals surface area contributed by atoms with E-state index in [4.69, 9.17) is 11.6 Å². The maximum absolute atomic E-state index is 13.1.